The monoisotopic (exact) mass is 347 g/mol. The van der Waals surface area contributed by atoms with E-state index in [0.29, 0.717) is 6.61 Å². The van der Waals surface area contributed by atoms with E-state index in [-0.39, 0.29) is 29.5 Å². The van der Waals surface area contributed by atoms with Gasteiger partial charge in [0.25, 0.3) is 5.91 Å². The molecule has 9 heteroatoms. The predicted molar refractivity (Wildman–Crippen MR) is 86.9 cm³/mol. The Bertz CT molecular complexity index is 747. The topological polar surface area (TPSA) is 135 Å². The molecule has 1 heterocycles. The Labute approximate surface area is 143 Å². The summed E-state index contributed by atoms with van der Waals surface area (Å²) in [6, 6.07) is 4.12. The van der Waals surface area contributed by atoms with Crippen LogP contribution in [0.15, 0.2) is 17.7 Å². The van der Waals surface area contributed by atoms with Gasteiger partial charge in [-0.3, -0.25) is 14.9 Å². The molecule has 1 atom stereocenters. The van der Waals surface area contributed by atoms with Crippen molar-refractivity contribution in [3.05, 3.63) is 33.4 Å². The van der Waals surface area contributed by atoms with Gasteiger partial charge < -0.3 is 19.9 Å². The first kappa shape index (κ1) is 18.2. The number of nitro benzene ring substituents is 1. The van der Waals surface area contributed by atoms with Crippen molar-refractivity contribution in [1.82, 2.24) is 5.32 Å². The van der Waals surface area contributed by atoms with Gasteiger partial charge in [-0.05, 0) is 30.5 Å². The number of phenols is 1. The first-order valence-electron chi connectivity index (χ1n) is 7.53. The molecule has 1 aliphatic rings. The Morgan fingerprint density at radius 3 is 2.96 bits per heavy atom. The predicted octanol–water partition coefficient (Wildman–Crippen LogP) is 1.51. The molecule has 0 radical (unpaired) electrons. The van der Waals surface area contributed by atoms with E-state index in [9.17, 15) is 25.3 Å². The number of hydrogen-bond acceptors (Lipinski definition) is 7. The van der Waals surface area contributed by atoms with Crippen molar-refractivity contribution in [2.24, 2.45) is 0 Å². The van der Waals surface area contributed by atoms with E-state index in [4.69, 9.17) is 9.47 Å². The SMILES string of the molecule is COc1cc(/C=C(\C#N)C(=O)NCC2CCCO2)cc([N+](=O)[O-])c1O. The highest BCUT2D eigenvalue weighted by atomic mass is 16.6. The maximum Gasteiger partial charge on any atom is 0.315 e. The summed E-state index contributed by atoms with van der Waals surface area (Å²) in [4.78, 5) is 22.3. The minimum absolute atomic E-state index is 0.0706. The number of phenolic OH excluding ortho intramolecular Hbond substituents is 1. The van der Waals surface area contributed by atoms with Crippen LogP contribution >= 0.6 is 0 Å². The van der Waals surface area contributed by atoms with Gasteiger partial charge in [0.15, 0.2) is 5.75 Å². The summed E-state index contributed by atoms with van der Waals surface area (Å²) in [5.74, 6) is -1.35. The molecule has 1 aromatic rings. The molecule has 0 spiro atoms. The third-order valence-corrected chi connectivity index (χ3v) is 3.68. The van der Waals surface area contributed by atoms with Crippen molar-refractivity contribution >= 4 is 17.7 Å². The third kappa shape index (κ3) is 4.45. The first-order chi connectivity index (χ1) is 12.0. The second-order valence-electron chi connectivity index (χ2n) is 5.36. The van der Waals surface area contributed by atoms with Crippen LogP contribution in [-0.4, -0.2) is 42.3 Å². The summed E-state index contributed by atoms with van der Waals surface area (Å²) >= 11 is 0. The highest BCUT2D eigenvalue weighted by Gasteiger charge is 2.21. The van der Waals surface area contributed by atoms with Crippen molar-refractivity contribution in [3.8, 4) is 17.6 Å². The van der Waals surface area contributed by atoms with Crippen LogP contribution < -0.4 is 10.1 Å². The van der Waals surface area contributed by atoms with Crippen LogP contribution in [0.5, 0.6) is 11.5 Å². The number of methoxy groups -OCH3 is 1. The molecule has 2 rings (SSSR count). The van der Waals surface area contributed by atoms with Crippen molar-refractivity contribution in [3.63, 3.8) is 0 Å². The minimum Gasteiger partial charge on any atom is -0.500 e. The largest absolute Gasteiger partial charge is 0.500 e. The number of rotatable bonds is 6. The van der Waals surface area contributed by atoms with E-state index >= 15 is 0 Å². The van der Waals surface area contributed by atoms with E-state index in [0.717, 1.165) is 18.9 Å². The molecule has 0 bridgehead atoms. The number of nitrogens with one attached hydrogen (secondary N) is 1. The standard InChI is InChI=1S/C16H17N3O6/c1-24-14-7-10(6-13(15(14)20)19(22)23)5-11(8-17)16(21)18-9-12-3-2-4-25-12/h5-7,12,20H,2-4,9H2,1H3,(H,18,21)/b11-5+. The van der Waals surface area contributed by atoms with Gasteiger partial charge in [0.2, 0.25) is 5.75 Å². The maximum atomic E-state index is 12.1. The molecule has 0 saturated carbocycles. The van der Waals surface area contributed by atoms with Crippen LogP contribution in [0, 0.1) is 21.4 Å². The summed E-state index contributed by atoms with van der Waals surface area (Å²) in [6.45, 7) is 0.940. The lowest BCUT2D eigenvalue weighted by molar-refractivity contribution is -0.386. The second kappa shape index (κ2) is 8.12. The number of aromatic hydroxyl groups is 1. The van der Waals surface area contributed by atoms with Gasteiger partial charge in [-0.2, -0.15) is 5.26 Å². The lowest BCUT2D eigenvalue weighted by Gasteiger charge is -2.10. The van der Waals surface area contributed by atoms with Crippen molar-refractivity contribution in [1.29, 1.82) is 5.26 Å². The van der Waals surface area contributed by atoms with Crippen molar-refractivity contribution in [2.75, 3.05) is 20.3 Å². The number of nitro groups is 1. The summed E-state index contributed by atoms with van der Waals surface area (Å²) in [7, 11) is 1.24. The van der Waals surface area contributed by atoms with Crippen LogP contribution in [0.4, 0.5) is 5.69 Å². The number of hydrogen-bond donors (Lipinski definition) is 2. The zero-order valence-corrected chi connectivity index (χ0v) is 13.5. The molecule has 25 heavy (non-hydrogen) atoms. The first-order valence-corrected chi connectivity index (χ1v) is 7.53. The highest BCUT2D eigenvalue weighted by molar-refractivity contribution is 6.01. The molecule has 1 aromatic carbocycles. The van der Waals surface area contributed by atoms with Gasteiger partial charge in [0.1, 0.15) is 11.6 Å². The number of nitriles is 1. The summed E-state index contributed by atoms with van der Waals surface area (Å²) in [5.41, 5.74) is -0.618. The molecule has 1 aliphatic heterocycles. The van der Waals surface area contributed by atoms with Crippen LogP contribution in [0.2, 0.25) is 0 Å². The second-order valence-corrected chi connectivity index (χ2v) is 5.36. The summed E-state index contributed by atoms with van der Waals surface area (Å²) < 4.78 is 10.3. The fraction of sp³-hybridized carbons (Fsp3) is 0.375. The molecule has 132 valence electrons. The van der Waals surface area contributed by atoms with Gasteiger partial charge >= 0.3 is 5.69 Å². The zero-order chi connectivity index (χ0) is 18.4. The minimum atomic E-state index is -0.779. The van der Waals surface area contributed by atoms with Crippen LogP contribution in [0.3, 0.4) is 0 Å². The smallest absolute Gasteiger partial charge is 0.315 e. The third-order valence-electron chi connectivity index (χ3n) is 3.68. The van der Waals surface area contributed by atoms with E-state index in [1.54, 1.807) is 6.07 Å². The molecular formula is C16H17N3O6. The molecule has 2 N–H and O–H groups in total. The van der Waals surface area contributed by atoms with E-state index in [1.165, 1.54) is 19.3 Å². The molecule has 0 aliphatic carbocycles. The van der Waals surface area contributed by atoms with Gasteiger partial charge in [-0.1, -0.05) is 0 Å². The number of carbonyl (C=O) groups is 1. The van der Waals surface area contributed by atoms with Gasteiger partial charge in [-0.25, -0.2) is 0 Å². The molecular weight excluding hydrogens is 330 g/mol. The van der Waals surface area contributed by atoms with Crippen LogP contribution in [0.25, 0.3) is 6.08 Å². The van der Waals surface area contributed by atoms with Crippen LogP contribution in [0.1, 0.15) is 18.4 Å². The quantitative estimate of drug-likeness (QED) is 0.344. The normalized spacial score (nSPS) is 17.0. The van der Waals surface area contributed by atoms with Crippen molar-refractivity contribution < 1.29 is 24.3 Å². The van der Waals surface area contributed by atoms with Gasteiger partial charge in [-0.15, -0.1) is 0 Å². The fourth-order valence-electron chi connectivity index (χ4n) is 2.41. The zero-order valence-electron chi connectivity index (χ0n) is 13.5. The average Bonchev–Trinajstić information content (AvgIpc) is 3.11. The molecule has 1 fully saturated rings. The molecule has 1 saturated heterocycles. The molecule has 1 unspecified atom stereocenters. The summed E-state index contributed by atoms with van der Waals surface area (Å²) in [6.07, 6.45) is 2.89. The Morgan fingerprint density at radius 1 is 1.64 bits per heavy atom. The van der Waals surface area contributed by atoms with Gasteiger partial charge in [0, 0.05) is 19.2 Å². The number of ether oxygens (including phenoxy) is 2. The summed E-state index contributed by atoms with van der Waals surface area (Å²) in [5, 5.41) is 32.5. The highest BCUT2D eigenvalue weighted by Crippen LogP contribution is 2.37. The van der Waals surface area contributed by atoms with E-state index in [2.05, 4.69) is 5.32 Å². The van der Waals surface area contributed by atoms with E-state index in [1.807, 2.05) is 0 Å². The Balaban J connectivity index is 2.23. The Kier molecular flexibility index (Phi) is 5.92. The number of amides is 1. The Morgan fingerprint density at radius 2 is 2.40 bits per heavy atom. The molecule has 1 amide bonds. The number of carbonyl (C=O) groups excluding carboxylic acids is 1. The average molecular weight is 347 g/mol. The molecule has 0 aromatic heterocycles. The fourth-order valence-corrected chi connectivity index (χ4v) is 2.41. The van der Waals surface area contributed by atoms with Gasteiger partial charge in [0.05, 0.1) is 18.1 Å². The number of nitrogens with zero attached hydrogens (tertiary/aromatic N) is 2. The lowest BCUT2D eigenvalue weighted by Crippen LogP contribution is -2.32. The lowest BCUT2D eigenvalue weighted by atomic mass is 10.1. The van der Waals surface area contributed by atoms with Crippen molar-refractivity contribution in [2.45, 2.75) is 18.9 Å². The molecule has 9 nitrogen and oxygen atoms in total. The van der Waals surface area contributed by atoms with Crippen LogP contribution in [-0.2, 0) is 9.53 Å². The number of benzene rings is 1. The van der Waals surface area contributed by atoms with E-state index < -0.39 is 22.3 Å². The maximum absolute atomic E-state index is 12.1. The Hall–Kier alpha value is -3.12.